The monoisotopic (exact) mass is 233 g/mol. The number of carbonyl (C=O) groups excluding carboxylic acids is 1. The van der Waals surface area contributed by atoms with Crippen LogP contribution in [-0.2, 0) is 16.0 Å². The van der Waals surface area contributed by atoms with Crippen molar-refractivity contribution in [3.8, 4) is 0 Å². The van der Waals surface area contributed by atoms with Crippen LogP contribution in [-0.4, -0.2) is 11.6 Å². The molecule has 0 radical (unpaired) electrons. The molecule has 0 aliphatic rings. The summed E-state index contributed by atoms with van der Waals surface area (Å²) >= 11 is 0. The predicted molar refractivity (Wildman–Crippen MR) is 70.5 cm³/mol. The minimum absolute atomic E-state index is 0.185. The Labute approximate surface area is 102 Å². The van der Waals surface area contributed by atoms with Gasteiger partial charge < -0.3 is 10.5 Å². The topological polar surface area (TPSA) is 52.3 Å². The second-order valence-corrected chi connectivity index (χ2v) is 4.93. The fourth-order valence-electron chi connectivity index (χ4n) is 1.44. The van der Waals surface area contributed by atoms with Crippen LogP contribution >= 0.6 is 0 Å². The number of esters is 1. The molecule has 2 N–H and O–H groups in total. The fourth-order valence-corrected chi connectivity index (χ4v) is 1.44. The normalized spacial score (nSPS) is 11.0. The molecule has 0 aromatic heterocycles. The van der Waals surface area contributed by atoms with Crippen LogP contribution in [0.5, 0.6) is 0 Å². The van der Waals surface area contributed by atoms with Gasteiger partial charge in [-0.1, -0.05) is 18.7 Å². The molecular formula is C14H19NO2. The van der Waals surface area contributed by atoms with Crippen LogP contribution in [0.3, 0.4) is 0 Å². The summed E-state index contributed by atoms with van der Waals surface area (Å²) in [6, 6.07) is 5.49. The lowest BCUT2D eigenvalue weighted by Gasteiger charge is -2.19. The van der Waals surface area contributed by atoms with Crippen LogP contribution in [0.2, 0.25) is 0 Å². The van der Waals surface area contributed by atoms with E-state index in [4.69, 9.17) is 10.5 Å². The molecule has 0 amide bonds. The average Bonchev–Trinajstić information content (AvgIpc) is 2.18. The van der Waals surface area contributed by atoms with Gasteiger partial charge in [0.25, 0.3) is 0 Å². The highest BCUT2D eigenvalue weighted by molar-refractivity contribution is 5.76. The Balaban J connectivity index is 2.81. The molecule has 17 heavy (non-hydrogen) atoms. The van der Waals surface area contributed by atoms with Crippen LogP contribution in [0.4, 0.5) is 5.69 Å². The van der Waals surface area contributed by atoms with Crippen LogP contribution in [0, 0.1) is 0 Å². The Bertz CT molecular complexity index is 430. The van der Waals surface area contributed by atoms with Crippen LogP contribution in [0.25, 0.3) is 6.08 Å². The first kappa shape index (κ1) is 13.3. The van der Waals surface area contributed by atoms with Gasteiger partial charge in [-0.05, 0) is 44.0 Å². The first-order valence-corrected chi connectivity index (χ1v) is 5.54. The van der Waals surface area contributed by atoms with Gasteiger partial charge in [-0.2, -0.15) is 0 Å². The second-order valence-electron chi connectivity index (χ2n) is 4.93. The molecule has 0 unspecified atom stereocenters. The molecule has 0 saturated heterocycles. The summed E-state index contributed by atoms with van der Waals surface area (Å²) < 4.78 is 5.25. The summed E-state index contributed by atoms with van der Waals surface area (Å²) in [6.45, 7) is 9.21. The zero-order chi connectivity index (χ0) is 13.1. The molecule has 0 atom stereocenters. The van der Waals surface area contributed by atoms with E-state index in [-0.39, 0.29) is 12.4 Å². The number of anilines is 1. The van der Waals surface area contributed by atoms with Gasteiger partial charge in [0.1, 0.15) is 5.60 Å². The third-order valence-electron chi connectivity index (χ3n) is 2.16. The van der Waals surface area contributed by atoms with Crippen LogP contribution < -0.4 is 5.73 Å². The number of nitrogen functional groups attached to an aromatic ring is 1. The van der Waals surface area contributed by atoms with Crippen molar-refractivity contribution in [2.24, 2.45) is 0 Å². The van der Waals surface area contributed by atoms with Gasteiger partial charge in [-0.25, -0.2) is 0 Å². The molecule has 0 bridgehead atoms. The summed E-state index contributed by atoms with van der Waals surface area (Å²) in [5.41, 5.74) is 7.66. The Hall–Kier alpha value is -1.77. The minimum Gasteiger partial charge on any atom is -0.460 e. The van der Waals surface area contributed by atoms with Crippen molar-refractivity contribution in [1.29, 1.82) is 0 Å². The number of nitrogens with two attached hydrogens (primary N) is 1. The van der Waals surface area contributed by atoms with E-state index < -0.39 is 5.60 Å². The van der Waals surface area contributed by atoms with Gasteiger partial charge in [0.15, 0.2) is 0 Å². The van der Waals surface area contributed by atoms with E-state index in [1.165, 1.54) is 0 Å². The number of carbonyl (C=O) groups is 1. The third-order valence-corrected chi connectivity index (χ3v) is 2.16. The first-order valence-electron chi connectivity index (χ1n) is 5.54. The van der Waals surface area contributed by atoms with Crippen molar-refractivity contribution in [3.63, 3.8) is 0 Å². The van der Waals surface area contributed by atoms with Crippen molar-refractivity contribution in [2.45, 2.75) is 32.8 Å². The van der Waals surface area contributed by atoms with E-state index in [0.29, 0.717) is 5.69 Å². The summed E-state index contributed by atoms with van der Waals surface area (Å²) in [6.07, 6.45) is 1.91. The van der Waals surface area contributed by atoms with E-state index >= 15 is 0 Å². The smallest absolute Gasteiger partial charge is 0.310 e. The quantitative estimate of drug-likeness (QED) is 0.645. The molecule has 0 fully saturated rings. The maximum Gasteiger partial charge on any atom is 0.310 e. The van der Waals surface area contributed by atoms with Crippen LogP contribution in [0.1, 0.15) is 31.9 Å². The summed E-state index contributed by atoms with van der Waals surface area (Å²) in [5.74, 6) is -0.273. The van der Waals surface area contributed by atoms with Gasteiger partial charge >= 0.3 is 5.97 Å². The Morgan fingerprint density at radius 2 is 2.12 bits per heavy atom. The lowest BCUT2D eigenvalue weighted by Crippen LogP contribution is -2.25. The van der Waals surface area contributed by atoms with Gasteiger partial charge in [-0.3, -0.25) is 4.79 Å². The summed E-state index contributed by atoms with van der Waals surface area (Å²) in [7, 11) is 0. The fraction of sp³-hybridized carbons (Fsp3) is 0.357. The summed E-state index contributed by atoms with van der Waals surface area (Å²) in [4.78, 5) is 11.7. The minimum atomic E-state index is -0.470. The Kier molecular flexibility index (Phi) is 3.94. The van der Waals surface area contributed by atoms with E-state index in [9.17, 15) is 4.79 Å². The van der Waals surface area contributed by atoms with Gasteiger partial charge in [-0.15, -0.1) is 0 Å². The van der Waals surface area contributed by atoms with Crippen LogP contribution in [0.15, 0.2) is 24.8 Å². The number of benzene rings is 1. The maximum absolute atomic E-state index is 11.7. The molecule has 0 spiro atoms. The molecule has 0 heterocycles. The third kappa shape index (κ3) is 4.31. The number of hydrogen-bond acceptors (Lipinski definition) is 3. The lowest BCUT2D eigenvalue weighted by atomic mass is 10.1. The SMILES string of the molecule is C=Cc1ccc(N)c(CC(=O)OC(C)(C)C)c1. The van der Waals surface area contributed by atoms with Crippen molar-refractivity contribution in [1.82, 2.24) is 0 Å². The molecule has 1 aromatic carbocycles. The molecule has 1 rings (SSSR count). The van der Waals surface area contributed by atoms with Crippen molar-refractivity contribution in [2.75, 3.05) is 5.73 Å². The number of rotatable bonds is 3. The van der Waals surface area contributed by atoms with Crippen molar-refractivity contribution in [3.05, 3.63) is 35.9 Å². The average molecular weight is 233 g/mol. The highest BCUT2D eigenvalue weighted by Crippen LogP contribution is 2.17. The number of ether oxygens (including phenoxy) is 1. The first-order chi connectivity index (χ1) is 7.81. The van der Waals surface area contributed by atoms with Gasteiger partial charge in [0.2, 0.25) is 0 Å². The lowest BCUT2D eigenvalue weighted by molar-refractivity contribution is -0.153. The highest BCUT2D eigenvalue weighted by Gasteiger charge is 2.17. The predicted octanol–water partition coefficient (Wildman–Crippen LogP) is 2.80. The Morgan fingerprint density at radius 3 is 2.65 bits per heavy atom. The maximum atomic E-state index is 11.7. The molecule has 3 heteroatoms. The molecule has 3 nitrogen and oxygen atoms in total. The standard InChI is InChI=1S/C14H19NO2/c1-5-10-6-7-12(15)11(8-10)9-13(16)17-14(2,3)4/h5-8H,1,9,15H2,2-4H3. The number of hydrogen-bond donors (Lipinski definition) is 1. The van der Waals surface area contributed by atoms with E-state index in [1.54, 1.807) is 12.1 Å². The second kappa shape index (κ2) is 5.04. The Morgan fingerprint density at radius 1 is 1.47 bits per heavy atom. The molecule has 92 valence electrons. The molecular weight excluding hydrogens is 214 g/mol. The molecule has 0 aliphatic carbocycles. The van der Waals surface area contributed by atoms with E-state index in [2.05, 4.69) is 6.58 Å². The molecule has 1 aromatic rings. The van der Waals surface area contributed by atoms with Gasteiger partial charge in [0.05, 0.1) is 6.42 Å². The van der Waals surface area contributed by atoms with E-state index in [1.807, 2.05) is 32.9 Å². The zero-order valence-corrected chi connectivity index (χ0v) is 10.6. The van der Waals surface area contributed by atoms with Crippen molar-refractivity contribution < 1.29 is 9.53 Å². The molecule has 0 saturated carbocycles. The summed E-state index contributed by atoms with van der Waals surface area (Å²) in [5, 5.41) is 0. The van der Waals surface area contributed by atoms with Gasteiger partial charge in [0, 0.05) is 5.69 Å². The molecule has 0 aliphatic heterocycles. The largest absolute Gasteiger partial charge is 0.460 e. The van der Waals surface area contributed by atoms with Crippen molar-refractivity contribution >= 4 is 17.7 Å². The zero-order valence-electron chi connectivity index (χ0n) is 10.6. The highest BCUT2D eigenvalue weighted by atomic mass is 16.6. The van der Waals surface area contributed by atoms with E-state index in [0.717, 1.165) is 11.1 Å².